The van der Waals surface area contributed by atoms with Gasteiger partial charge in [-0.15, -0.1) is 0 Å². The van der Waals surface area contributed by atoms with Crippen LogP contribution in [0.1, 0.15) is 10.4 Å². The Labute approximate surface area is 113 Å². The number of nitrogens with zero attached hydrogens (tertiary/aromatic N) is 2. The fourth-order valence-corrected chi connectivity index (χ4v) is 1.78. The maximum atomic E-state index is 12.0. The molecule has 1 aromatic heterocycles. The highest BCUT2D eigenvalue weighted by molar-refractivity contribution is 6.32. The molecule has 0 aliphatic heterocycles. The molecule has 7 heteroatoms. The maximum Gasteiger partial charge on any atom is 0.292 e. The van der Waals surface area contributed by atoms with Crippen molar-refractivity contribution < 1.29 is 4.79 Å². The summed E-state index contributed by atoms with van der Waals surface area (Å²) in [4.78, 5) is 23.0. The molecule has 2 aromatic rings. The van der Waals surface area contributed by atoms with Crippen LogP contribution in [-0.2, 0) is 0 Å². The minimum Gasteiger partial charge on any atom is -0.385 e. The quantitative estimate of drug-likeness (QED) is 0.877. The van der Waals surface area contributed by atoms with Crippen LogP contribution in [-0.4, -0.2) is 22.7 Å². The van der Waals surface area contributed by atoms with Crippen LogP contribution in [0.25, 0.3) is 5.69 Å². The Balaban J connectivity index is 2.51. The number of anilines is 1. The van der Waals surface area contributed by atoms with E-state index in [1.165, 1.54) is 18.3 Å². The van der Waals surface area contributed by atoms with E-state index in [1.54, 1.807) is 19.2 Å². The Morgan fingerprint density at radius 2 is 2.00 bits per heavy atom. The summed E-state index contributed by atoms with van der Waals surface area (Å²) in [6.07, 6.45) is 1.45. The summed E-state index contributed by atoms with van der Waals surface area (Å²) in [5.74, 6) is -0.532. The van der Waals surface area contributed by atoms with E-state index < -0.39 is 11.5 Å². The molecular weight excluding hydrogens is 268 g/mol. The first-order valence-corrected chi connectivity index (χ1v) is 5.78. The van der Waals surface area contributed by atoms with E-state index in [-0.39, 0.29) is 5.02 Å². The molecule has 19 heavy (non-hydrogen) atoms. The summed E-state index contributed by atoms with van der Waals surface area (Å²) in [5.41, 5.74) is 6.01. The lowest BCUT2D eigenvalue weighted by Gasteiger charge is -2.08. The summed E-state index contributed by atoms with van der Waals surface area (Å²) in [6.45, 7) is 0. The lowest BCUT2D eigenvalue weighted by Crippen LogP contribution is -2.22. The van der Waals surface area contributed by atoms with Gasteiger partial charge in [-0.2, -0.15) is 9.78 Å². The molecule has 1 amide bonds. The van der Waals surface area contributed by atoms with E-state index >= 15 is 0 Å². The first-order valence-electron chi connectivity index (χ1n) is 5.40. The number of benzene rings is 1. The average Bonchev–Trinajstić information content (AvgIpc) is 2.42. The van der Waals surface area contributed by atoms with Crippen molar-refractivity contribution in [3.05, 3.63) is 51.4 Å². The highest BCUT2D eigenvalue weighted by atomic mass is 35.5. The molecule has 1 aromatic carbocycles. The molecule has 0 aliphatic carbocycles. The van der Waals surface area contributed by atoms with Crippen LogP contribution in [0, 0.1) is 0 Å². The number of carbonyl (C=O) groups is 1. The van der Waals surface area contributed by atoms with Crippen LogP contribution >= 0.6 is 11.6 Å². The first-order chi connectivity index (χ1) is 9.04. The molecule has 0 atom stereocenters. The van der Waals surface area contributed by atoms with Gasteiger partial charge in [0, 0.05) is 12.6 Å². The van der Waals surface area contributed by atoms with Crippen LogP contribution < -0.4 is 16.6 Å². The monoisotopic (exact) mass is 278 g/mol. The second-order valence-electron chi connectivity index (χ2n) is 3.75. The van der Waals surface area contributed by atoms with Gasteiger partial charge in [0.25, 0.3) is 5.56 Å². The number of aromatic nitrogens is 2. The van der Waals surface area contributed by atoms with Crippen LogP contribution in [0.15, 0.2) is 35.3 Å². The fourth-order valence-electron chi connectivity index (χ4n) is 1.56. The number of halogens is 1. The molecule has 0 fully saturated rings. The third kappa shape index (κ3) is 2.43. The number of hydrogen-bond donors (Lipinski definition) is 2. The van der Waals surface area contributed by atoms with Gasteiger partial charge >= 0.3 is 0 Å². The minimum atomic E-state index is -0.532. The van der Waals surface area contributed by atoms with Gasteiger partial charge < -0.3 is 11.1 Å². The predicted molar refractivity (Wildman–Crippen MR) is 72.9 cm³/mol. The predicted octanol–water partition coefficient (Wildman–Crippen LogP) is 1.03. The number of amides is 1. The topological polar surface area (TPSA) is 90.0 Å². The van der Waals surface area contributed by atoms with Crippen molar-refractivity contribution in [2.75, 3.05) is 12.4 Å². The number of primary amides is 1. The van der Waals surface area contributed by atoms with Gasteiger partial charge in [0.1, 0.15) is 5.02 Å². The smallest absolute Gasteiger partial charge is 0.292 e. The normalized spacial score (nSPS) is 10.2. The Bertz CT molecular complexity index is 679. The Morgan fingerprint density at radius 3 is 2.53 bits per heavy atom. The second kappa shape index (κ2) is 5.11. The largest absolute Gasteiger partial charge is 0.385 e. The standard InChI is InChI=1S/C12H11ClN4O2/c1-15-9-6-16-17(12(19)10(9)13)8-4-2-7(3-5-8)11(14)18/h2-6,15H,1H3,(H2,14,18). The molecule has 3 N–H and O–H groups in total. The van der Waals surface area contributed by atoms with Crippen molar-refractivity contribution in [2.24, 2.45) is 5.73 Å². The average molecular weight is 279 g/mol. The van der Waals surface area contributed by atoms with E-state index in [1.807, 2.05) is 0 Å². The molecule has 2 rings (SSSR count). The van der Waals surface area contributed by atoms with Crippen molar-refractivity contribution >= 4 is 23.2 Å². The summed E-state index contributed by atoms with van der Waals surface area (Å²) in [6, 6.07) is 6.19. The number of hydrogen-bond acceptors (Lipinski definition) is 4. The van der Waals surface area contributed by atoms with Crippen LogP contribution in [0.4, 0.5) is 5.69 Å². The number of carbonyl (C=O) groups excluding carboxylic acids is 1. The summed E-state index contributed by atoms with van der Waals surface area (Å²) < 4.78 is 1.15. The third-order valence-corrected chi connectivity index (χ3v) is 2.95. The van der Waals surface area contributed by atoms with Gasteiger partial charge in [-0.25, -0.2) is 0 Å². The zero-order chi connectivity index (χ0) is 14.0. The minimum absolute atomic E-state index is 0.0523. The van der Waals surface area contributed by atoms with Crippen molar-refractivity contribution in [1.29, 1.82) is 0 Å². The fraction of sp³-hybridized carbons (Fsp3) is 0.0833. The van der Waals surface area contributed by atoms with Gasteiger partial charge in [0.15, 0.2) is 0 Å². The number of nitrogens with one attached hydrogen (secondary N) is 1. The molecule has 0 aliphatic rings. The Hall–Kier alpha value is -2.34. The lowest BCUT2D eigenvalue weighted by atomic mass is 10.2. The van der Waals surface area contributed by atoms with Crippen LogP contribution in [0.5, 0.6) is 0 Å². The maximum absolute atomic E-state index is 12.0. The lowest BCUT2D eigenvalue weighted by molar-refractivity contribution is 0.100. The zero-order valence-electron chi connectivity index (χ0n) is 10.1. The molecule has 98 valence electrons. The summed E-state index contributed by atoms with van der Waals surface area (Å²) in [5, 5.41) is 6.82. The molecule has 1 heterocycles. The SMILES string of the molecule is CNc1cnn(-c2ccc(C(N)=O)cc2)c(=O)c1Cl. The second-order valence-corrected chi connectivity index (χ2v) is 4.13. The van der Waals surface area contributed by atoms with Crippen molar-refractivity contribution in [3.63, 3.8) is 0 Å². The van der Waals surface area contributed by atoms with Crippen LogP contribution in [0.3, 0.4) is 0 Å². The molecule has 0 saturated carbocycles. The molecule has 0 unspecified atom stereocenters. The summed E-state index contributed by atoms with van der Waals surface area (Å²) in [7, 11) is 1.65. The van der Waals surface area contributed by atoms with Gasteiger partial charge in [0.2, 0.25) is 5.91 Å². The van der Waals surface area contributed by atoms with Gasteiger partial charge in [0.05, 0.1) is 17.6 Å². The highest BCUT2D eigenvalue weighted by Gasteiger charge is 2.10. The van der Waals surface area contributed by atoms with E-state index in [2.05, 4.69) is 10.4 Å². The Kier molecular flexibility index (Phi) is 3.52. The molecule has 0 spiro atoms. The summed E-state index contributed by atoms with van der Waals surface area (Å²) >= 11 is 5.92. The van der Waals surface area contributed by atoms with Gasteiger partial charge in [-0.3, -0.25) is 9.59 Å². The number of rotatable bonds is 3. The van der Waals surface area contributed by atoms with E-state index in [0.717, 1.165) is 4.68 Å². The third-order valence-electron chi connectivity index (χ3n) is 2.58. The zero-order valence-corrected chi connectivity index (χ0v) is 10.8. The van der Waals surface area contributed by atoms with E-state index in [0.29, 0.717) is 16.9 Å². The highest BCUT2D eigenvalue weighted by Crippen LogP contribution is 2.15. The molecule has 6 nitrogen and oxygen atoms in total. The van der Waals surface area contributed by atoms with Gasteiger partial charge in [-0.05, 0) is 24.3 Å². The van der Waals surface area contributed by atoms with Crippen molar-refractivity contribution in [3.8, 4) is 5.69 Å². The molecule has 0 radical (unpaired) electrons. The van der Waals surface area contributed by atoms with Crippen LogP contribution in [0.2, 0.25) is 5.02 Å². The van der Waals surface area contributed by atoms with Gasteiger partial charge in [-0.1, -0.05) is 11.6 Å². The van der Waals surface area contributed by atoms with Crippen molar-refractivity contribution in [2.45, 2.75) is 0 Å². The molecule has 0 bridgehead atoms. The molecular formula is C12H11ClN4O2. The first kappa shape index (κ1) is 13.1. The van der Waals surface area contributed by atoms with E-state index in [9.17, 15) is 9.59 Å². The van der Waals surface area contributed by atoms with E-state index in [4.69, 9.17) is 17.3 Å². The molecule has 0 saturated heterocycles. The Morgan fingerprint density at radius 1 is 1.37 bits per heavy atom. The van der Waals surface area contributed by atoms with Crippen molar-refractivity contribution in [1.82, 2.24) is 9.78 Å². The number of nitrogens with two attached hydrogens (primary N) is 1.